The molecule has 3 rings (SSSR count). The Morgan fingerprint density at radius 2 is 1.75 bits per heavy atom. The van der Waals surface area contributed by atoms with Crippen molar-refractivity contribution in [2.45, 2.75) is 4.90 Å². The van der Waals surface area contributed by atoms with Crippen molar-refractivity contribution in [1.29, 1.82) is 0 Å². The average molecular weight is 355 g/mol. The summed E-state index contributed by atoms with van der Waals surface area (Å²) in [6.07, 6.45) is 0. The van der Waals surface area contributed by atoms with E-state index >= 15 is 0 Å². The van der Waals surface area contributed by atoms with Crippen LogP contribution in [0.15, 0.2) is 33.8 Å². The first-order valence-electron chi connectivity index (χ1n) is 7.02. The second kappa shape index (κ2) is 6.17. The number of benzene rings is 1. The van der Waals surface area contributed by atoms with Crippen LogP contribution in [0.3, 0.4) is 0 Å². The lowest BCUT2D eigenvalue weighted by Gasteiger charge is -2.33. The molecule has 2 heterocycles. The fourth-order valence-electron chi connectivity index (χ4n) is 2.38. The molecule has 11 heteroatoms. The van der Waals surface area contributed by atoms with Crippen molar-refractivity contribution in [1.82, 2.24) is 19.5 Å². The maximum atomic E-state index is 12.9. The fourth-order valence-corrected chi connectivity index (χ4v) is 3.80. The number of amides is 1. The van der Waals surface area contributed by atoms with Crippen molar-refractivity contribution >= 4 is 21.7 Å². The zero-order valence-corrected chi connectivity index (χ0v) is 13.2. The first-order valence-corrected chi connectivity index (χ1v) is 8.46. The smallest absolute Gasteiger partial charge is 0.280 e. The molecule has 128 valence electrons. The Bertz CT molecular complexity index is 844. The highest BCUT2D eigenvalue weighted by Gasteiger charge is 2.32. The maximum Gasteiger partial charge on any atom is 0.280 e. The van der Waals surface area contributed by atoms with E-state index in [0.717, 1.165) is 12.1 Å². The van der Waals surface area contributed by atoms with E-state index in [1.807, 2.05) is 0 Å². The molecule has 1 saturated heterocycles. The largest absolute Gasteiger partial charge is 0.379 e. The average Bonchev–Trinajstić information content (AvgIpc) is 3.01. The molecule has 1 amide bonds. The summed E-state index contributed by atoms with van der Waals surface area (Å²) in [5, 5.41) is 6.79. The Morgan fingerprint density at radius 3 is 2.29 bits per heavy atom. The molecule has 2 aromatic rings. The molecule has 1 aromatic carbocycles. The number of rotatable bonds is 3. The van der Waals surface area contributed by atoms with Crippen molar-refractivity contribution in [2.75, 3.05) is 31.9 Å². The molecule has 1 aliphatic heterocycles. The van der Waals surface area contributed by atoms with Crippen LogP contribution in [0.25, 0.3) is 0 Å². The molecule has 9 nitrogen and oxygen atoms in total. The minimum atomic E-state index is -3.73. The first kappa shape index (κ1) is 16.3. The van der Waals surface area contributed by atoms with Gasteiger partial charge < -0.3 is 10.6 Å². The second-order valence-electron chi connectivity index (χ2n) is 5.15. The molecular formula is C13H14FN5O4S. The standard InChI is InChI=1S/C13H14FN5O4S/c14-9-1-3-10(4-2-9)24(21,22)19-7-5-18(6-8-19)13(20)11-12(15)17-23-16-11/h1-4H,5-8H2,(H2,15,17). The van der Waals surface area contributed by atoms with Gasteiger partial charge in [0.15, 0.2) is 0 Å². The molecule has 0 aliphatic carbocycles. The van der Waals surface area contributed by atoms with E-state index < -0.39 is 21.7 Å². The highest BCUT2D eigenvalue weighted by Crippen LogP contribution is 2.19. The third kappa shape index (κ3) is 2.95. The fraction of sp³-hybridized carbons (Fsp3) is 0.308. The minimum absolute atomic E-state index is 0.00798. The summed E-state index contributed by atoms with van der Waals surface area (Å²) in [6.45, 7) is 0.560. The maximum absolute atomic E-state index is 12.9. The van der Waals surface area contributed by atoms with Crippen LogP contribution in [0, 0.1) is 5.82 Å². The topological polar surface area (TPSA) is 123 Å². The van der Waals surface area contributed by atoms with Crippen molar-refractivity contribution in [3.8, 4) is 0 Å². The molecule has 1 aromatic heterocycles. The molecule has 0 spiro atoms. The predicted molar refractivity (Wildman–Crippen MR) is 79.8 cm³/mol. The van der Waals surface area contributed by atoms with Crippen LogP contribution >= 0.6 is 0 Å². The van der Waals surface area contributed by atoms with Gasteiger partial charge >= 0.3 is 0 Å². The number of aromatic nitrogens is 2. The van der Waals surface area contributed by atoms with Gasteiger partial charge in [-0.3, -0.25) is 4.79 Å². The molecule has 0 radical (unpaired) electrons. The Labute approximate surface area is 136 Å². The van der Waals surface area contributed by atoms with E-state index in [0.29, 0.717) is 0 Å². The van der Waals surface area contributed by atoms with Gasteiger partial charge in [0.1, 0.15) is 5.82 Å². The first-order chi connectivity index (χ1) is 11.4. The normalized spacial score (nSPS) is 16.3. The van der Waals surface area contributed by atoms with Gasteiger partial charge in [0.05, 0.1) is 4.90 Å². The summed E-state index contributed by atoms with van der Waals surface area (Å²) >= 11 is 0. The molecule has 1 fully saturated rings. The number of anilines is 1. The van der Waals surface area contributed by atoms with E-state index in [-0.39, 0.29) is 42.6 Å². The number of nitrogens with zero attached hydrogens (tertiary/aromatic N) is 4. The van der Waals surface area contributed by atoms with Crippen LogP contribution < -0.4 is 5.73 Å². The zero-order chi connectivity index (χ0) is 17.3. The zero-order valence-electron chi connectivity index (χ0n) is 12.4. The van der Waals surface area contributed by atoms with Crippen LogP contribution in [-0.2, 0) is 10.0 Å². The Balaban J connectivity index is 1.69. The molecule has 0 saturated carbocycles. The van der Waals surface area contributed by atoms with Gasteiger partial charge in [0.2, 0.25) is 21.5 Å². The Morgan fingerprint density at radius 1 is 1.12 bits per heavy atom. The van der Waals surface area contributed by atoms with Crippen LogP contribution in [-0.4, -0.2) is 60.0 Å². The van der Waals surface area contributed by atoms with Crippen molar-refractivity contribution < 1.29 is 22.2 Å². The Kier molecular flexibility index (Phi) is 4.20. The number of piperazine rings is 1. The van der Waals surface area contributed by atoms with Gasteiger partial charge in [-0.1, -0.05) is 0 Å². The SMILES string of the molecule is Nc1nonc1C(=O)N1CCN(S(=O)(=O)c2ccc(F)cc2)CC1. The molecular weight excluding hydrogens is 341 g/mol. The van der Waals surface area contributed by atoms with Crippen LogP contribution in [0.2, 0.25) is 0 Å². The Hall–Kier alpha value is -2.53. The number of carbonyl (C=O) groups is 1. The minimum Gasteiger partial charge on any atom is -0.379 e. The summed E-state index contributed by atoms with van der Waals surface area (Å²) < 4.78 is 43.6. The van der Waals surface area contributed by atoms with Gasteiger partial charge in [0, 0.05) is 26.2 Å². The van der Waals surface area contributed by atoms with E-state index in [1.54, 1.807) is 0 Å². The van der Waals surface area contributed by atoms with Gasteiger partial charge in [-0.05, 0) is 34.6 Å². The molecule has 0 bridgehead atoms. The van der Waals surface area contributed by atoms with Crippen molar-refractivity contribution in [3.63, 3.8) is 0 Å². The molecule has 2 N–H and O–H groups in total. The number of hydrogen-bond donors (Lipinski definition) is 1. The summed E-state index contributed by atoms with van der Waals surface area (Å²) in [5.74, 6) is -1.09. The lowest BCUT2D eigenvalue weighted by Crippen LogP contribution is -2.50. The van der Waals surface area contributed by atoms with E-state index in [2.05, 4.69) is 14.9 Å². The quantitative estimate of drug-likeness (QED) is 0.818. The highest BCUT2D eigenvalue weighted by atomic mass is 32.2. The van der Waals surface area contributed by atoms with Crippen molar-refractivity contribution in [3.05, 3.63) is 35.8 Å². The van der Waals surface area contributed by atoms with E-state index in [4.69, 9.17) is 5.73 Å². The highest BCUT2D eigenvalue weighted by molar-refractivity contribution is 7.89. The van der Waals surface area contributed by atoms with Crippen LogP contribution in [0.1, 0.15) is 10.5 Å². The lowest BCUT2D eigenvalue weighted by molar-refractivity contribution is 0.0687. The van der Waals surface area contributed by atoms with Gasteiger partial charge in [-0.25, -0.2) is 17.4 Å². The molecule has 0 unspecified atom stereocenters. The number of hydrogen-bond acceptors (Lipinski definition) is 7. The third-order valence-corrected chi connectivity index (χ3v) is 5.61. The number of nitrogens with two attached hydrogens (primary N) is 1. The summed E-state index contributed by atoms with van der Waals surface area (Å²) in [6, 6.07) is 4.61. The molecule has 1 aliphatic rings. The van der Waals surface area contributed by atoms with Gasteiger partial charge in [-0.15, -0.1) is 0 Å². The van der Waals surface area contributed by atoms with Crippen LogP contribution in [0.4, 0.5) is 10.2 Å². The second-order valence-corrected chi connectivity index (χ2v) is 7.09. The number of carbonyl (C=O) groups excluding carboxylic acids is 1. The van der Waals surface area contributed by atoms with E-state index in [9.17, 15) is 17.6 Å². The molecule has 24 heavy (non-hydrogen) atoms. The predicted octanol–water partition coefficient (Wildman–Crippen LogP) is -0.0624. The van der Waals surface area contributed by atoms with Crippen LogP contribution in [0.5, 0.6) is 0 Å². The van der Waals surface area contributed by atoms with Crippen molar-refractivity contribution in [2.24, 2.45) is 0 Å². The number of nitrogen functional groups attached to an aromatic ring is 1. The number of sulfonamides is 1. The summed E-state index contributed by atoms with van der Waals surface area (Å²) in [5.41, 5.74) is 5.39. The van der Waals surface area contributed by atoms with Gasteiger partial charge in [0.25, 0.3) is 5.91 Å². The van der Waals surface area contributed by atoms with Gasteiger partial charge in [-0.2, -0.15) is 4.31 Å². The lowest BCUT2D eigenvalue weighted by atomic mass is 10.3. The molecule has 0 atom stereocenters. The third-order valence-electron chi connectivity index (χ3n) is 3.69. The van der Waals surface area contributed by atoms with E-state index in [1.165, 1.54) is 21.3 Å². The number of halogens is 1. The summed E-state index contributed by atoms with van der Waals surface area (Å²) in [4.78, 5) is 13.7. The monoisotopic (exact) mass is 355 g/mol. The summed E-state index contributed by atoms with van der Waals surface area (Å²) in [7, 11) is -3.73.